The van der Waals surface area contributed by atoms with E-state index in [2.05, 4.69) is 20.9 Å². The van der Waals surface area contributed by atoms with Gasteiger partial charge in [-0.2, -0.15) is 0 Å². The maximum absolute atomic E-state index is 14.8. The van der Waals surface area contributed by atoms with Crippen LogP contribution in [0.4, 0.5) is 4.39 Å². The van der Waals surface area contributed by atoms with Crippen molar-refractivity contribution in [2.24, 2.45) is 5.73 Å². The van der Waals surface area contributed by atoms with E-state index >= 15 is 0 Å². The van der Waals surface area contributed by atoms with Crippen LogP contribution in [0.15, 0.2) is 29.2 Å². The number of nitrogens with one attached hydrogen (secondary N) is 2. The van der Waals surface area contributed by atoms with Gasteiger partial charge in [0.1, 0.15) is 25.8 Å². The molecular formula is C32H35FN8O7. The van der Waals surface area contributed by atoms with Crippen LogP contribution in [0.1, 0.15) is 53.3 Å². The first-order chi connectivity index (χ1) is 23.0. The van der Waals surface area contributed by atoms with Gasteiger partial charge in [0.05, 0.1) is 47.8 Å². The van der Waals surface area contributed by atoms with Crippen LogP contribution < -0.4 is 21.9 Å². The molecule has 0 saturated carbocycles. The van der Waals surface area contributed by atoms with Crippen molar-refractivity contribution in [1.29, 1.82) is 0 Å². The molecule has 0 spiro atoms. The van der Waals surface area contributed by atoms with Crippen LogP contribution in [0.2, 0.25) is 0 Å². The van der Waals surface area contributed by atoms with Crippen molar-refractivity contribution >= 4 is 28.7 Å². The van der Waals surface area contributed by atoms with Crippen molar-refractivity contribution in [2.45, 2.75) is 58.4 Å². The second-order valence-electron chi connectivity index (χ2n) is 11.8. The monoisotopic (exact) mass is 662 g/mol. The summed E-state index contributed by atoms with van der Waals surface area (Å²) in [4.78, 5) is 54.1. The van der Waals surface area contributed by atoms with Crippen molar-refractivity contribution < 1.29 is 33.4 Å². The number of hydrogen-bond acceptors (Lipinski definition) is 11. The number of carbonyl (C=O) groups is 3. The van der Waals surface area contributed by atoms with Crippen molar-refractivity contribution in [2.75, 3.05) is 26.4 Å². The predicted molar refractivity (Wildman–Crippen MR) is 168 cm³/mol. The maximum atomic E-state index is 14.8. The highest BCUT2D eigenvalue weighted by Crippen LogP contribution is 2.40. The van der Waals surface area contributed by atoms with Gasteiger partial charge in [0, 0.05) is 35.3 Å². The van der Waals surface area contributed by atoms with E-state index in [-0.39, 0.29) is 68.9 Å². The average Bonchev–Trinajstić information content (AvgIpc) is 3.68. The van der Waals surface area contributed by atoms with Gasteiger partial charge in [0.15, 0.2) is 5.60 Å². The number of benzene rings is 1. The number of aryl methyl sites for hydroxylation is 2. The zero-order valence-corrected chi connectivity index (χ0v) is 26.5. The number of hydrogen-bond donors (Lipinski definition) is 4. The number of fused-ring (bicyclic) bond motifs is 5. The van der Waals surface area contributed by atoms with Gasteiger partial charge in [-0.15, -0.1) is 5.10 Å². The normalized spacial score (nSPS) is 16.3. The molecule has 0 bridgehead atoms. The van der Waals surface area contributed by atoms with E-state index in [1.165, 1.54) is 6.07 Å². The highest BCUT2D eigenvalue weighted by Gasteiger charge is 2.45. The molecule has 2 aliphatic heterocycles. The summed E-state index contributed by atoms with van der Waals surface area (Å²) >= 11 is 0. The molecule has 3 aromatic heterocycles. The molecule has 1 aromatic carbocycles. The van der Waals surface area contributed by atoms with E-state index in [4.69, 9.17) is 20.2 Å². The fraction of sp³-hybridized carbons (Fsp3) is 0.406. The molecule has 1 atom stereocenters. The highest BCUT2D eigenvalue weighted by atomic mass is 19.1. The molecule has 0 fully saturated rings. The quantitative estimate of drug-likeness (QED) is 0.0810. The van der Waals surface area contributed by atoms with Crippen LogP contribution in [0, 0.1) is 12.7 Å². The van der Waals surface area contributed by atoms with E-state index in [1.807, 2.05) is 0 Å². The largest absolute Gasteiger partial charge is 0.458 e. The van der Waals surface area contributed by atoms with Gasteiger partial charge in [0.25, 0.3) is 5.56 Å². The van der Waals surface area contributed by atoms with Gasteiger partial charge in [0.2, 0.25) is 11.8 Å². The Hall–Kier alpha value is -5.06. The minimum Gasteiger partial charge on any atom is -0.458 e. The number of pyridine rings is 2. The Bertz CT molecular complexity index is 2010. The first-order valence-electron chi connectivity index (χ1n) is 15.5. The lowest BCUT2D eigenvalue weighted by Crippen LogP contribution is -2.44. The second-order valence-corrected chi connectivity index (χ2v) is 11.8. The van der Waals surface area contributed by atoms with E-state index < -0.39 is 22.9 Å². The molecule has 252 valence electrons. The minimum absolute atomic E-state index is 0.0153. The number of amides is 2. The van der Waals surface area contributed by atoms with Crippen molar-refractivity contribution in [3.63, 3.8) is 0 Å². The number of nitrogens with zero attached hydrogens (tertiary/aromatic N) is 5. The van der Waals surface area contributed by atoms with Gasteiger partial charge < -0.3 is 35.5 Å². The van der Waals surface area contributed by atoms with Crippen molar-refractivity contribution in [3.05, 3.63) is 74.1 Å². The molecule has 2 amide bonds. The third-order valence-electron chi connectivity index (χ3n) is 8.71. The number of nitrogens with two attached hydrogens (primary N) is 1. The number of carbonyl (C=O) groups excluding carboxylic acids is 3. The van der Waals surface area contributed by atoms with Crippen LogP contribution in [-0.4, -0.2) is 73.9 Å². The summed E-state index contributed by atoms with van der Waals surface area (Å²) in [5, 5.41) is 25.6. The summed E-state index contributed by atoms with van der Waals surface area (Å²) in [6, 6.07) is 4.70. The van der Waals surface area contributed by atoms with E-state index in [0.29, 0.717) is 52.9 Å². The molecule has 6 rings (SSSR count). The fourth-order valence-electron chi connectivity index (χ4n) is 6.06. The number of aromatic nitrogens is 5. The number of ether oxygens (including phenoxy) is 2. The smallest absolute Gasteiger partial charge is 0.343 e. The van der Waals surface area contributed by atoms with Gasteiger partial charge in [-0.25, -0.2) is 18.9 Å². The summed E-state index contributed by atoms with van der Waals surface area (Å²) in [5.41, 5.74) is 7.16. The minimum atomic E-state index is -1.97. The zero-order valence-electron chi connectivity index (χ0n) is 26.5. The van der Waals surface area contributed by atoms with Gasteiger partial charge >= 0.3 is 5.97 Å². The number of esters is 1. The zero-order chi connectivity index (χ0) is 34.2. The van der Waals surface area contributed by atoms with Crippen molar-refractivity contribution in [3.8, 4) is 11.4 Å². The van der Waals surface area contributed by atoms with Gasteiger partial charge in [-0.3, -0.25) is 14.4 Å². The Morgan fingerprint density at radius 3 is 2.77 bits per heavy atom. The Balaban J connectivity index is 1.23. The topological polar surface area (TPSA) is 206 Å². The summed E-state index contributed by atoms with van der Waals surface area (Å²) < 4.78 is 28.3. The number of aliphatic hydroxyl groups is 1. The summed E-state index contributed by atoms with van der Waals surface area (Å²) in [7, 11) is 0. The SMILES string of the molecule is CC[C@@]1(O)C(=O)OCc2c1cc1n(c2=O)Cc2c-1nc1cc(F)c(C)cc1c2Cn1cc(CCCNC(=O)COCNC(=O)CN)nn1. The molecule has 2 aliphatic rings. The molecule has 0 unspecified atom stereocenters. The molecular weight excluding hydrogens is 627 g/mol. The molecule has 16 heteroatoms. The lowest BCUT2D eigenvalue weighted by atomic mass is 9.86. The Kier molecular flexibility index (Phi) is 9.05. The van der Waals surface area contributed by atoms with Crippen LogP contribution >= 0.6 is 0 Å². The predicted octanol–water partition coefficient (Wildman–Crippen LogP) is 0.265. The summed E-state index contributed by atoms with van der Waals surface area (Å²) in [6.07, 6.45) is 2.92. The molecule has 4 aromatic rings. The molecule has 0 radical (unpaired) electrons. The lowest BCUT2D eigenvalue weighted by molar-refractivity contribution is -0.172. The summed E-state index contributed by atoms with van der Waals surface area (Å²) in [5.74, 6) is -1.95. The van der Waals surface area contributed by atoms with Crippen LogP contribution in [0.3, 0.4) is 0 Å². The first-order valence-corrected chi connectivity index (χ1v) is 15.5. The van der Waals surface area contributed by atoms with Gasteiger partial charge in [-0.05, 0) is 49.4 Å². The molecule has 48 heavy (non-hydrogen) atoms. The third kappa shape index (κ3) is 6.05. The van der Waals surface area contributed by atoms with Crippen molar-refractivity contribution in [1.82, 2.24) is 35.2 Å². The molecule has 0 aliphatic carbocycles. The molecule has 5 heterocycles. The van der Waals surface area contributed by atoms with E-state index in [9.17, 15) is 28.7 Å². The Morgan fingerprint density at radius 1 is 1.19 bits per heavy atom. The number of rotatable bonds is 12. The lowest BCUT2D eigenvalue weighted by Gasteiger charge is -2.31. The standard InChI is InChI=1S/C32H35FN8O7/c1-3-32(46)23-8-26-29-21(13-41(26)30(44)22(23)14-48-31(32)45)20(19-7-17(2)24(33)9-25(19)37-29)12-40-11-18(38-39-40)5-4-6-35-28(43)15-47-16-36-27(42)10-34/h7-9,11,46H,3-6,10,12-16,34H2,1-2H3,(H,35,43)(H,36,42)/t32-/m0/s1. The molecule has 0 saturated heterocycles. The maximum Gasteiger partial charge on any atom is 0.343 e. The Labute approximate surface area is 273 Å². The summed E-state index contributed by atoms with van der Waals surface area (Å²) in [6.45, 7) is 3.37. The van der Waals surface area contributed by atoms with Crippen LogP contribution in [0.25, 0.3) is 22.3 Å². The number of halogens is 1. The third-order valence-corrected chi connectivity index (χ3v) is 8.71. The first kappa shape index (κ1) is 32.9. The van der Waals surface area contributed by atoms with Crippen LogP contribution in [-0.2, 0) is 55.6 Å². The van der Waals surface area contributed by atoms with Crippen LogP contribution in [0.5, 0.6) is 0 Å². The fourth-order valence-corrected chi connectivity index (χ4v) is 6.06. The van der Waals surface area contributed by atoms with E-state index in [0.717, 1.165) is 11.1 Å². The molecule has 15 nitrogen and oxygen atoms in total. The highest BCUT2D eigenvalue weighted by molar-refractivity contribution is 5.89. The second kappa shape index (κ2) is 13.2. The average molecular weight is 663 g/mol. The van der Waals surface area contributed by atoms with E-state index in [1.54, 1.807) is 41.4 Å². The van der Waals surface area contributed by atoms with Gasteiger partial charge in [-0.1, -0.05) is 12.1 Å². The Morgan fingerprint density at radius 2 is 2.00 bits per heavy atom. The molecule has 5 N–H and O–H groups in total. The number of cyclic esters (lactones) is 1.